The number of halogens is 1. The zero-order valence-electron chi connectivity index (χ0n) is 25.6. The SMILES string of the molecule is CCCCCOc1ccc([C@@H]2C3=C(C[C@H](c4ccc(F)cc4)CC3=O)Nc3ccccc3N2C(=O)c2ccc(OC)cc2)cc1. The lowest BCUT2D eigenvalue weighted by molar-refractivity contribution is -0.116. The van der Waals surface area contributed by atoms with Crippen molar-refractivity contribution in [2.45, 2.75) is 51.0 Å². The van der Waals surface area contributed by atoms with Crippen LogP contribution >= 0.6 is 0 Å². The van der Waals surface area contributed by atoms with Gasteiger partial charge in [-0.3, -0.25) is 14.5 Å². The van der Waals surface area contributed by atoms with Crippen molar-refractivity contribution in [3.05, 3.63) is 131 Å². The number of hydrogen-bond donors (Lipinski definition) is 1. The van der Waals surface area contributed by atoms with Gasteiger partial charge in [-0.15, -0.1) is 0 Å². The maximum absolute atomic E-state index is 14.5. The number of benzene rings is 4. The lowest BCUT2D eigenvalue weighted by Crippen LogP contribution is -2.38. The van der Waals surface area contributed by atoms with Crippen LogP contribution in [0.1, 0.15) is 72.5 Å². The summed E-state index contributed by atoms with van der Waals surface area (Å²) in [7, 11) is 1.59. The van der Waals surface area contributed by atoms with Crippen LogP contribution in [0.5, 0.6) is 11.5 Å². The van der Waals surface area contributed by atoms with Gasteiger partial charge in [0.2, 0.25) is 0 Å². The van der Waals surface area contributed by atoms with Crippen LogP contribution in [0.3, 0.4) is 0 Å². The highest BCUT2D eigenvalue weighted by atomic mass is 19.1. The number of amides is 1. The standard InChI is InChI=1S/C38H37FN2O4/c1-3-4-7-22-45-31-20-12-26(13-21-31)37-36-33(23-28(24-35(36)42)25-10-16-29(39)17-11-25)40-32-8-5-6-9-34(32)41(37)38(43)27-14-18-30(44-2)19-15-27/h5-6,8-21,28,37,40H,3-4,7,22-24H2,1-2H3/t28-,37+/m0/s1. The van der Waals surface area contributed by atoms with Gasteiger partial charge in [0.1, 0.15) is 17.3 Å². The van der Waals surface area contributed by atoms with Crippen LogP contribution in [0, 0.1) is 5.82 Å². The molecule has 0 unspecified atom stereocenters. The highest BCUT2D eigenvalue weighted by Gasteiger charge is 2.42. The van der Waals surface area contributed by atoms with E-state index in [0.717, 1.165) is 47.5 Å². The molecule has 0 bridgehead atoms. The number of methoxy groups -OCH3 is 1. The molecule has 1 amide bonds. The molecule has 1 heterocycles. The Bertz CT molecular complexity index is 1700. The number of Topliss-reactive ketones (excluding diaryl/α,β-unsaturated/α-hetero) is 1. The lowest BCUT2D eigenvalue weighted by atomic mass is 9.78. The number of unbranched alkanes of at least 4 members (excludes halogenated alkanes) is 2. The van der Waals surface area contributed by atoms with Crippen molar-refractivity contribution in [2.24, 2.45) is 0 Å². The maximum Gasteiger partial charge on any atom is 0.259 e. The minimum absolute atomic E-state index is 0.0525. The number of rotatable bonds is 9. The van der Waals surface area contributed by atoms with Crippen molar-refractivity contribution < 1.29 is 23.5 Å². The summed E-state index contributed by atoms with van der Waals surface area (Å²) in [4.78, 5) is 30.5. The normalized spacial score (nSPS) is 17.6. The average molecular weight is 605 g/mol. The summed E-state index contributed by atoms with van der Waals surface area (Å²) in [5.74, 6) is 0.667. The van der Waals surface area contributed by atoms with E-state index in [9.17, 15) is 14.0 Å². The summed E-state index contributed by atoms with van der Waals surface area (Å²) in [6.07, 6.45) is 3.99. The Labute approximate surface area is 263 Å². The third-order valence-corrected chi connectivity index (χ3v) is 8.60. The van der Waals surface area contributed by atoms with Crippen LogP contribution in [0.4, 0.5) is 15.8 Å². The molecule has 6 rings (SSSR count). The number of nitrogens with one attached hydrogen (secondary N) is 1. The largest absolute Gasteiger partial charge is 0.497 e. The number of nitrogens with zero attached hydrogens (tertiary/aromatic N) is 1. The van der Waals surface area contributed by atoms with Crippen molar-refractivity contribution in [1.82, 2.24) is 0 Å². The van der Waals surface area contributed by atoms with Gasteiger partial charge in [0, 0.05) is 23.3 Å². The second kappa shape index (κ2) is 13.4. The summed E-state index contributed by atoms with van der Waals surface area (Å²) in [6, 6.07) is 28.1. The van der Waals surface area contributed by atoms with Gasteiger partial charge in [0.25, 0.3) is 5.91 Å². The smallest absolute Gasteiger partial charge is 0.259 e. The van der Waals surface area contributed by atoms with E-state index in [1.807, 2.05) is 48.5 Å². The molecule has 2 atom stereocenters. The molecule has 0 radical (unpaired) electrons. The van der Waals surface area contributed by atoms with Crippen LogP contribution in [0.25, 0.3) is 0 Å². The molecule has 0 saturated heterocycles. The molecule has 7 heteroatoms. The molecule has 1 aliphatic carbocycles. The summed E-state index contributed by atoms with van der Waals surface area (Å²) < 4.78 is 25.1. The predicted octanol–water partition coefficient (Wildman–Crippen LogP) is 8.62. The van der Waals surface area contributed by atoms with Gasteiger partial charge in [-0.1, -0.05) is 56.2 Å². The molecule has 6 nitrogen and oxygen atoms in total. The van der Waals surface area contributed by atoms with Gasteiger partial charge in [-0.2, -0.15) is 0 Å². The number of hydrogen-bond acceptors (Lipinski definition) is 5. The third-order valence-electron chi connectivity index (χ3n) is 8.60. The second-order valence-electron chi connectivity index (χ2n) is 11.5. The summed E-state index contributed by atoms with van der Waals surface area (Å²) in [5, 5.41) is 3.55. The molecule has 230 valence electrons. The number of ether oxygens (including phenoxy) is 2. The number of fused-ring (bicyclic) bond motifs is 1. The van der Waals surface area contributed by atoms with Gasteiger partial charge in [0.05, 0.1) is 31.1 Å². The first kappa shape index (κ1) is 30.1. The molecule has 0 spiro atoms. The molecule has 0 fully saturated rings. The van der Waals surface area contributed by atoms with E-state index < -0.39 is 6.04 Å². The van der Waals surface area contributed by atoms with Crippen LogP contribution in [-0.4, -0.2) is 25.4 Å². The minimum Gasteiger partial charge on any atom is -0.497 e. The van der Waals surface area contributed by atoms with Crippen molar-refractivity contribution >= 4 is 23.1 Å². The van der Waals surface area contributed by atoms with E-state index in [2.05, 4.69) is 12.2 Å². The van der Waals surface area contributed by atoms with Gasteiger partial charge in [-0.05, 0) is 90.6 Å². The van der Waals surface area contributed by atoms with Crippen molar-refractivity contribution in [3.63, 3.8) is 0 Å². The number of carbonyl (C=O) groups is 2. The lowest BCUT2D eigenvalue weighted by Gasteiger charge is -2.35. The molecule has 1 aliphatic heterocycles. The molecule has 1 N–H and O–H groups in total. The Morgan fingerprint density at radius 3 is 2.27 bits per heavy atom. The summed E-state index contributed by atoms with van der Waals surface area (Å²) in [6.45, 7) is 2.79. The Hall–Kier alpha value is -4.91. The monoisotopic (exact) mass is 604 g/mol. The quantitative estimate of drug-likeness (QED) is 0.194. The summed E-state index contributed by atoms with van der Waals surface area (Å²) >= 11 is 0. The van der Waals surface area contributed by atoms with E-state index in [1.54, 1.807) is 48.4 Å². The zero-order chi connectivity index (χ0) is 31.3. The topological polar surface area (TPSA) is 67.9 Å². The van der Waals surface area contributed by atoms with Gasteiger partial charge < -0.3 is 14.8 Å². The van der Waals surface area contributed by atoms with E-state index in [0.29, 0.717) is 35.6 Å². The number of ketones is 1. The fourth-order valence-corrected chi connectivity index (χ4v) is 6.26. The summed E-state index contributed by atoms with van der Waals surface area (Å²) in [5.41, 5.74) is 4.91. The molecule has 2 aliphatic rings. The van der Waals surface area contributed by atoms with Gasteiger partial charge in [0.15, 0.2) is 5.78 Å². The van der Waals surface area contributed by atoms with Crippen LogP contribution in [-0.2, 0) is 4.79 Å². The van der Waals surface area contributed by atoms with Gasteiger partial charge in [-0.25, -0.2) is 4.39 Å². The molecule has 0 aromatic heterocycles. The Morgan fingerprint density at radius 1 is 0.867 bits per heavy atom. The first-order valence-corrected chi connectivity index (χ1v) is 15.5. The Kier molecular flexibility index (Phi) is 8.96. The average Bonchev–Trinajstić information content (AvgIpc) is 3.22. The van der Waals surface area contributed by atoms with E-state index in [-0.39, 0.29) is 29.8 Å². The van der Waals surface area contributed by atoms with Crippen LogP contribution in [0.2, 0.25) is 0 Å². The molecular weight excluding hydrogens is 567 g/mol. The number of carbonyl (C=O) groups excluding carboxylic acids is 2. The van der Waals surface area contributed by atoms with Crippen molar-refractivity contribution in [3.8, 4) is 11.5 Å². The van der Waals surface area contributed by atoms with E-state index >= 15 is 0 Å². The maximum atomic E-state index is 14.5. The Morgan fingerprint density at radius 2 is 1.56 bits per heavy atom. The second-order valence-corrected chi connectivity index (χ2v) is 11.5. The molecule has 45 heavy (non-hydrogen) atoms. The van der Waals surface area contributed by atoms with E-state index in [4.69, 9.17) is 9.47 Å². The molecule has 0 saturated carbocycles. The van der Waals surface area contributed by atoms with Crippen LogP contribution in [0.15, 0.2) is 108 Å². The Balaban J connectivity index is 1.47. The molecule has 4 aromatic rings. The predicted molar refractivity (Wildman–Crippen MR) is 174 cm³/mol. The van der Waals surface area contributed by atoms with Crippen molar-refractivity contribution in [2.75, 3.05) is 23.9 Å². The van der Waals surface area contributed by atoms with Gasteiger partial charge >= 0.3 is 0 Å². The number of para-hydroxylation sites is 2. The molecular formula is C38H37FN2O4. The zero-order valence-corrected chi connectivity index (χ0v) is 25.6. The fourth-order valence-electron chi connectivity index (χ4n) is 6.26. The highest BCUT2D eigenvalue weighted by molar-refractivity contribution is 6.12. The molecule has 4 aromatic carbocycles. The first-order valence-electron chi connectivity index (χ1n) is 15.5. The van der Waals surface area contributed by atoms with Crippen molar-refractivity contribution in [1.29, 1.82) is 0 Å². The number of anilines is 2. The highest BCUT2D eigenvalue weighted by Crippen LogP contribution is 2.48. The van der Waals surface area contributed by atoms with E-state index in [1.165, 1.54) is 12.1 Å². The number of allylic oxidation sites excluding steroid dienone is 1. The minimum atomic E-state index is -0.693. The fraction of sp³-hybridized carbons (Fsp3) is 0.263. The van der Waals surface area contributed by atoms with Crippen LogP contribution < -0.4 is 19.7 Å². The third kappa shape index (κ3) is 6.34. The first-order chi connectivity index (χ1) is 22.0.